The molecule has 0 radical (unpaired) electrons. The van der Waals surface area contributed by atoms with E-state index in [1.165, 1.54) is 18.7 Å². The number of amides is 4. The number of nitrogens with two attached hydrogens (primary N) is 1. The fourth-order valence-corrected chi connectivity index (χ4v) is 5.16. The van der Waals surface area contributed by atoms with Gasteiger partial charge in [0.2, 0.25) is 23.6 Å². The molecule has 0 saturated heterocycles. The number of hydrogen-bond donors (Lipinski definition) is 10. The standard InChI is InChI=1S/C25H36N8O7S2/c1-13(34)30-15(6-4-10-28-25(26)27)22(39)31-16(8-9-20(36)37)23(40)32-17(12-41)21(38)29-11-18(35)24-33-14-5-2-3-7-19(14)42-24/h2-3,5,7,15-17,24,33,41H,4,6,8-12H2,1H3,(H,29,38)(H,30,34)(H,31,39)(H,32,40)(H,36,37)(H4,26,27,28)/t15-,16-,17-,24?/m0/s1. The summed E-state index contributed by atoms with van der Waals surface area (Å²) >= 11 is 5.44. The molecule has 1 aliphatic heterocycles. The third-order valence-corrected chi connectivity index (χ3v) is 7.51. The number of ketones is 1. The monoisotopic (exact) mass is 624 g/mol. The Balaban J connectivity index is 1.98. The Labute approximate surface area is 252 Å². The molecule has 1 unspecified atom stereocenters. The van der Waals surface area contributed by atoms with Crippen LogP contribution in [0.3, 0.4) is 0 Å². The topological polar surface area (TPSA) is 245 Å². The lowest BCUT2D eigenvalue weighted by Gasteiger charge is -2.24. The first-order chi connectivity index (χ1) is 19.9. The number of carbonyl (C=O) groups is 6. The number of thioether (sulfide) groups is 1. The number of thiol groups is 1. The molecule has 15 nitrogen and oxygen atoms in total. The number of carboxylic acid groups (broad SMARTS) is 1. The molecule has 0 bridgehead atoms. The number of benzene rings is 1. The zero-order valence-corrected chi connectivity index (χ0v) is 24.6. The predicted molar refractivity (Wildman–Crippen MR) is 159 cm³/mol. The van der Waals surface area contributed by atoms with Crippen LogP contribution in [0.5, 0.6) is 0 Å². The maximum atomic E-state index is 13.1. The van der Waals surface area contributed by atoms with E-state index in [0.29, 0.717) is 6.42 Å². The number of anilines is 1. The first-order valence-electron chi connectivity index (χ1n) is 13.0. The summed E-state index contributed by atoms with van der Waals surface area (Å²) < 4.78 is 0. The van der Waals surface area contributed by atoms with Crippen molar-refractivity contribution in [1.82, 2.24) is 26.6 Å². The predicted octanol–water partition coefficient (Wildman–Crippen LogP) is -1.25. The van der Waals surface area contributed by atoms with Crippen molar-refractivity contribution in [2.45, 2.75) is 61.0 Å². The molecule has 10 N–H and O–H groups in total. The molecule has 0 spiro atoms. The average Bonchev–Trinajstić information content (AvgIpc) is 3.38. The number of rotatable bonds is 17. The zero-order valence-electron chi connectivity index (χ0n) is 22.9. The van der Waals surface area contributed by atoms with E-state index in [1.54, 1.807) is 0 Å². The Bertz CT molecular complexity index is 1160. The van der Waals surface area contributed by atoms with Gasteiger partial charge in [0.05, 0.1) is 6.54 Å². The Morgan fingerprint density at radius 1 is 1.00 bits per heavy atom. The number of fused-ring (bicyclic) bond motifs is 1. The van der Waals surface area contributed by atoms with Crippen molar-refractivity contribution in [2.24, 2.45) is 5.73 Å². The molecule has 17 heteroatoms. The smallest absolute Gasteiger partial charge is 0.303 e. The van der Waals surface area contributed by atoms with Crippen LogP contribution in [0.15, 0.2) is 29.2 Å². The van der Waals surface area contributed by atoms with Gasteiger partial charge in [0.1, 0.15) is 23.5 Å². The normalized spacial score (nSPS) is 15.5. The first-order valence-corrected chi connectivity index (χ1v) is 14.5. The summed E-state index contributed by atoms with van der Waals surface area (Å²) in [5, 5.41) is 31.2. The highest BCUT2D eigenvalue weighted by Gasteiger charge is 2.31. The summed E-state index contributed by atoms with van der Waals surface area (Å²) in [6, 6.07) is 3.79. The SMILES string of the molecule is CC(=O)N[C@@H](CCCNC(=N)N)C(=O)N[C@@H](CCC(=O)O)C(=O)N[C@@H](CS)C(=O)NCC(=O)C1Nc2ccccc2S1. The van der Waals surface area contributed by atoms with Crippen molar-refractivity contribution in [3.8, 4) is 0 Å². The second kappa shape index (κ2) is 17.1. The molecule has 4 atom stereocenters. The molecule has 1 aliphatic rings. The molecule has 1 aromatic carbocycles. The number of aliphatic carboxylic acids is 1. The van der Waals surface area contributed by atoms with Gasteiger partial charge in [0, 0.05) is 36.2 Å². The summed E-state index contributed by atoms with van der Waals surface area (Å²) in [4.78, 5) is 75.2. The maximum Gasteiger partial charge on any atom is 0.303 e. The highest BCUT2D eigenvalue weighted by Crippen LogP contribution is 2.38. The van der Waals surface area contributed by atoms with Crippen LogP contribution in [0, 0.1) is 5.41 Å². The lowest BCUT2D eigenvalue weighted by molar-refractivity contribution is -0.138. The lowest BCUT2D eigenvalue weighted by atomic mass is 10.1. The Hall–Kier alpha value is -3.99. The van der Waals surface area contributed by atoms with Crippen LogP contribution in [0.2, 0.25) is 0 Å². The van der Waals surface area contributed by atoms with Crippen molar-refractivity contribution in [3.05, 3.63) is 24.3 Å². The zero-order chi connectivity index (χ0) is 31.2. The molecule has 4 amide bonds. The summed E-state index contributed by atoms with van der Waals surface area (Å²) in [7, 11) is 0. The summed E-state index contributed by atoms with van der Waals surface area (Å²) in [5.74, 6) is -4.67. The van der Waals surface area contributed by atoms with Gasteiger partial charge < -0.3 is 42.7 Å². The fourth-order valence-electron chi connectivity index (χ4n) is 3.84. The number of guanidine groups is 1. The quantitative estimate of drug-likeness (QED) is 0.0425. The Morgan fingerprint density at radius 2 is 1.64 bits per heavy atom. The van der Waals surface area contributed by atoms with Gasteiger partial charge in [-0.15, -0.1) is 0 Å². The molecule has 0 saturated carbocycles. The molecule has 0 aromatic heterocycles. The second-order valence-electron chi connectivity index (χ2n) is 9.30. The molecule has 230 valence electrons. The largest absolute Gasteiger partial charge is 0.481 e. The number of hydrogen-bond acceptors (Lipinski definition) is 10. The number of para-hydroxylation sites is 1. The first kappa shape index (κ1) is 34.2. The highest BCUT2D eigenvalue weighted by molar-refractivity contribution is 8.01. The number of carboxylic acids is 1. The van der Waals surface area contributed by atoms with E-state index in [1.807, 2.05) is 24.3 Å². The molecular weight excluding hydrogens is 588 g/mol. The van der Waals surface area contributed by atoms with Gasteiger partial charge in [0.15, 0.2) is 11.7 Å². The van der Waals surface area contributed by atoms with Crippen LogP contribution in [-0.2, 0) is 28.8 Å². The van der Waals surface area contributed by atoms with Crippen molar-refractivity contribution < 1.29 is 33.9 Å². The number of carbonyl (C=O) groups excluding carboxylic acids is 5. The Morgan fingerprint density at radius 3 is 2.24 bits per heavy atom. The van der Waals surface area contributed by atoms with Crippen LogP contribution in [0.4, 0.5) is 5.69 Å². The van der Waals surface area contributed by atoms with Crippen LogP contribution in [0.1, 0.15) is 32.6 Å². The molecule has 1 heterocycles. The Kier molecular flexibility index (Phi) is 13.9. The van der Waals surface area contributed by atoms with Gasteiger partial charge in [0.25, 0.3) is 0 Å². The van der Waals surface area contributed by atoms with Crippen molar-refractivity contribution in [3.63, 3.8) is 0 Å². The van der Waals surface area contributed by atoms with E-state index < -0.39 is 59.5 Å². The van der Waals surface area contributed by atoms with Gasteiger partial charge in [-0.25, -0.2) is 0 Å². The van der Waals surface area contributed by atoms with Crippen LogP contribution >= 0.6 is 24.4 Å². The summed E-state index contributed by atoms with van der Waals surface area (Å²) in [6.07, 6.45) is -0.290. The van der Waals surface area contributed by atoms with Crippen molar-refractivity contribution >= 4 is 71.4 Å². The summed E-state index contributed by atoms with van der Waals surface area (Å²) in [6.45, 7) is 1.16. The van der Waals surface area contributed by atoms with E-state index in [0.717, 1.165) is 10.6 Å². The minimum Gasteiger partial charge on any atom is -0.481 e. The van der Waals surface area contributed by atoms with E-state index in [-0.39, 0.29) is 43.4 Å². The molecule has 1 aromatic rings. The van der Waals surface area contributed by atoms with Crippen molar-refractivity contribution in [2.75, 3.05) is 24.2 Å². The molecule has 42 heavy (non-hydrogen) atoms. The van der Waals surface area contributed by atoms with Gasteiger partial charge >= 0.3 is 5.97 Å². The van der Waals surface area contributed by atoms with Crippen LogP contribution < -0.4 is 37.6 Å². The van der Waals surface area contributed by atoms with Gasteiger partial charge in [-0.2, -0.15) is 12.6 Å². The number of nitrogens with one attached hydrogen (secondary N) is 7. The van der Waals surface area contributed by atoms with E-state index in [2.05, 4.69) is 44.5 Å². The van der Waals surface area contributed by atoms with Crippen LogP contribution in [-0.4, -0.2) is 88.8 Å². The lowest BCUT2D eigenvalue weighted by Crippen LogP contribution is -2.57. The highest BCUT2D eigenvalue weighted by atomic mass is 32.2. The second-order valence-corrected chi connectivity index (χ2v) is 10.8. The minimum absolute atomic E-state index is 0.133. The molecule has 0 fully saturated rings. The maximum absolute atomic E-state index is 13.1. The van der Waals surface area contributed by atoms with Crippen molar-refractivity contribution in [1.29, 1.82) is 5.41 Å². The van der Waals surface area contributed by atoms with Gasteiger partial charge in [-0.05, 0) is 31.4 Å². The molecule has 2 rings (SSSR count). The third kappa shape index (κ3) is 11.5. The third-order valence-electron chi connectivity index (χ3n) is 5.92. The molecular formula is C25H36N8O7S2. The van der Waals surface area contributed by atoms with E-state index in [9.17, 15) is 28.8 Å². The minimum atomic E-state index is -1.35. The fraction of sp³-hybridized carbons (Fsp3) is 0.480. The van der Waals surface area contributed by atoms with Gasteiger partial charge in [-0.1, -0.05) is 23.9 Å². The number of Topliss-reactive ketones (excluding diaryl/α,β-unsaturated/α-hetero) is 1. The van der Waals surface area contributed by atoms with E-state index >= 15 is 0 Å². The average molecular weight is 625 g/mol. The molecule has 0 aliphatic carbocycles. The summed E-state index contributed by atoms with van der Waals surface area (Å²) in [5.41, 5.74) is 6.05. The van der Waals surface area contributed by atoms with Crippen LogP contribution in [0.25, 0.3) is 0 Å². The van der Waals surface area contributed by atoms with Gasteiger partial charge in [-0.3, -0.25) is 34.2 Å². The van der Waals surface area contributed by atoms with E-state index in [4.69, 9.17) is 16.2 Å².